The van der Waals surface area contributed by atoms with Crippen LogP contribution in [0.5, 0.6) is 0 Å². The van der Waals surface area contributed by atoms with Gasteiger partial charge in [-0.1, -0.05) is 48.7 Å². The van der Waals surface area contributed by atoms with Gasteiger partial charge in [0.1, 0.15) is 5.82 Å². The second-order valence-electron chi connectivity index (χ2n) is 8.80. The molecule has 1 saturated carbocycles. The maximum Gasteiger partial charge on any atom is 0.451 e. The molecule has 0 radical (unpaired) electrons. The van der Waals surface area contributed by atoms with Gasteiger partial charge in [-0.05, 0) is 67.8 Å². The predicted molar refractivity (Wildman–Crippen MR) is 122 cm³/mol. The molecule has 5 N–H and O–H groups in total. The van der Waals surface area contributed by atoms with Crippen LogP contribution in [0.1, 0.15) is 44.6 Å². The van der Waals surface area contributed by atoms with Crippen molar-refractivity contribution in [3.63, 3.8) is 0 Å². The van der Waals surface area contributed by atoms with E-state index in [0.717, 1.165) is 43.2 Å². The summed E-state index contributed by atoms with van der Waals surface area (Å²) in [6.45, 7) is 2.72. The van der Waals surface area contributed by atoms with Gasteiger partial charge in [0, 0.05) is 28.7 Å². The van der Waals surface area contributed by atoms with Crippen LogP contribution >= 0.6 is 11.6 Å². The van der Waals surface area contributed by atoms with Crippen LogP contribution in [0, 0.1) is 11.7 Å². The summed E-state index contributed by atoms with van der Waals surface area (Å²) in [4.78, 5) is 0. The van der Waals surface area contributed by atoms with Gasteiger partial charge in [-0.25, -0.2) is 4.39 Å². The van der Waals surface area contributed by atoms with Crippen LogP contribution in [0.3, 0.4) is 0 Å². The van der Waals surface area contributed by atoms with Gasteiger partial charge in [-0.2, -0.15) is 0 Å². The fourth-order valence-electron chi connectivity index (χ4n) is 4.15. The molecule has 0 amide bonds. The van der Waals surface area contributed by atoms with Crippen molar-refractivity contribution in [2.24, 2.45) is 11.7 Å². The molecule has 0 aliphatic heterocycles. The Labute approximate surface area is 183 Å². The predicted octanol–water partition coefficient (Wildman–Crippen LogP) is 4.37. The van der Waals surface area contributed by atoms with Crippen molar-refractivity contribution in [1.29, 1.82) is 0 Å². The molecule has 1 atom stereocenters. The highest BCUT2D eigenvalue weighted by Gasteiger charge is 2.39. The first kappa shape index (κ1) is 23.2. The number of nitrogens with two attached hydrogens (primary N) is 1. The zero-order valence-corrected chi connectivity index (χ0v) is 18.2. The van der Waals surface area contributed by atoms with E-state index in [2.05, 4.69) is 12.2 Å². The molecule has 1 unspecified atom stereocenters. The van der Waals surface area contributed by atoms with Crippen LogP contribution in [0.2, 0.25) is 11.3 Å². The Hall–Kier alpha value is -1.44. The first-order chi connectivity index (χ1) is 14.2. The third-order valence-corrected chi connectivity index (χ3v) is 6.53. The first-order valence-electron chi connectivity index (χ1n) is 10.7. The zero-order chi connectivity index (χ0) is 21.7. The van der Waals surface area contributed by atoms with Gasteiger partial charge in [0.05, 0.1) is 0 Å². The molecule has 3 rings (SSSR count). The summed E-state index contributed by atoms with van der Waals surface area (Å²) < 4.78 is 14.6. The highest BCUT2D eigenvalue weighted by Crippen LogP contribution is 2.38. The van der Waals surface area contributed by atoms with Crippen LogP contribution in [0.4, 0.5) is 4.39 Å². The molecule has 162 valence electrons. The minimum atomic E-state index is -1.23. The molecule has 1 aliphatic carbocycles. The number of benzene rings is 2. The minimum Gasteiger partial charge on any atom is -0.427 e. The maximum absolute atomic E-state index is 14.6. The van der Waals surface area contributed by atoms with E-state index in [1.165, 1.54) is 0 Å². The lowest BCUT2D eigenvalue weighted by Gasteiger charge is -2.46. The van der Waals surface area contributed by atoms with Crippen LogP contribution in [0.25, 0.3) is 11.1 Å². The van der Waals surface area contributed by atoms with Crippen molar-refractivity contribution in [3.05, 3.63) is 58.9 Å². The average Bonchev–Trinajstić information content (AvgIpc) is 2.65. The molecule has 0 bridgehead atoms. The van der Waals surface area contributed by atoms with E-state index in [-0.39, 0.29) is 11.4 Å². The molecule has 2 aromatic rings. The normalized spacial score (nSPS) is 20.5. The van der Waals surface area contributed by atoms with Gasteiger partial charge in [0.25, 0.3) is 0 Å². The molecule has 0 spiro atoms. The number of halogens is 2. The van der Waals surface area contributed by atoms with Crippen LogP contribution in [-0.2, 0) is 6.54 Å². The van der Waals surface area contributed by atoms with Crippen molar-refractivity contribution in [2.75, 3.05) is 0 Å². The van der Waals surface area contributed by atoms with Crippen LogP contribution in [0.15, 0.2) is 42.5 Å². The summed E-state index contributed by atoms with van der Waals surface area (Å²) >= 11 is 5.91. The van der Waals surface area contributed by atoms with Crippen molar-refractivity contribution >= 4 is 18.7 Å². The third kappa shape index (κ3) is 6.28. The zero-order valence-electron chi connectivity index (χ0n) is 17.5. The smallest absolute Gasteiger partial charge is 0.427 e. The van der Waals surface area contributed by atoms with Gasteiger partial charge in [-0.3, -0.25) is 0 Å². The first-order valence-corrected chi connectivity index (χ1v) is 11.0. The van der Waals surface area contributed by atoms with Crippen molar-refractivity contribution in [3.8, 4) is 11.1 Å². The highest BCUT2D eigenvalue weighted by atomic mass is 35.5. The standard InChI is InChI=1S/C23H31BClFN2O2/c1-23(27,10-2-3-11-24(29)30)18-13-20(14-18)28-15-16-4-9-21(22(26)12-16)17-5-7-19(25)8-6-17/h4-9,12,18,20,28-30H,2-3,10-11,13-15,27H2,1H3. The number of nitrogens with one attached hydrogen (secondary N) is 1. The molecule has 0 saturated heterocycles. The largest absolute Gasteiger partial charge is 0.451 e. The molecule has 1 aliphatic rings. The second kappa shape index (κ2) is 10.2. The summed E-state index contributed by atoms with van der Waals surface area (Å²) in [5.74, 6) is 0.226. The van der Waals surface area contributed by atoms with Gasteiger partial charge in [-0.15, -0.1) is 0 Å². The van der Waals surface area contributed by atoms with E-state index in [1.807, 2.05) is 24.3 Å². The Morgan fingerprint density at radius 1 is 1.17 bits per heavy atom. The molecule has 4 nitrogen and oxygen atoms in total. The Morgan fingerprint density at radius 2 is 1.87 bits per heavy atom. The molecule has 30 heavy (non-hydrogen) atoms. The highest BCUT2D eigenvalue weighted by molar-refractivity contribution is 6.40. The summed E-state index contributed by atoms with van der Waals surface area (Å²) in [5, 5.41) is 22.0. The third-order valence-electron chi connectivity index (χ3n) is 6.28. The van der Waals surface area contributed by atoms with E-state index >= 15 is 0 Å². The van der Waals surface area contributed by atoms with E-state index in [4.69, 9.17) is 27.4 Å². The van der Waals surface area contributed by atoms with Crippen LogP contribution in [-0.4, -0.2) is 28.7 Å². The van der Waals surface area contributed by atoms with E-state index in [0.29, 0.717) is 35.4 Å². The molecule has 2 aromatic carbocycles. The van der Waals surface area contributed by atoms with Crippen molar-refractivity contribution in [2.45, 2.75) is 63.5 Å². The van der Waals surface area contributed by atoms with Crippen LogP contribution < -0.4 is 11.1 Å². The topological polar surface area (TPSA) is 78.5 Å². The van der Waals surface area contributed by atoms with E-state index in [1.54, 1.807) is 18.2 Å². The molecular formula is C23H31BClFN2O2. The summed E-state index contributed by atoms with van der Waals surface area (Å²) in [7, 11) is -1.23. The fourth-order valence-corrected chi connectivity index (χ4v) is 4.28. The Morgan fingerprint density at radius 3 is 2.50 bits per heavy atom. The van der Waals surface area contributed by atoms with Gasteiger partial charge in [0.15, 0.2) is 0 Å². The number of hydrogen-bond acceptors (Lipinski definition) is 4. The molecule has 0 heterocycles. The van der Waals surface area contributed by atoms with Crippen molar-refractivity contribution < 1.29 is 14.4 Å². The van der Waals surface area contributed by atoms with E-state index in [9.17, 15) is 4.39 Å². The molecule has 1 fully saturated rings. The minimum absolute atomic E-state index is 0.231. The molecular weight excluding hydrogens is 402 g/mol. The summed E-state index contributed by atoms with van der Waals surface area (Å²) in [6, 6.07) is 12.9. The number of unbranched alkanes of at least 4 members (excludes halogenated alkanes) is 1. The second-order valence-corrected chi connectivity index (χ2v) is 9.24. The fraction of sp³-hybridized carbons (Fsp3) is 0.478. The quantitative estimate of drug-likeness (QED) is 0.332. The van der Waals surface area contributed by atoms with E-state index < -0.39 is 7.12 Å². The lowest BCUT2D eigenvalue weighted by atomic mass is 9.67. The maximum atomic E-state index is 14.6. The molecule has 7 heteroatoms. The average molecular weight is 433 g/mol. The summed E-state index contributed by atoms with van der Waals surface area (Å²) in [6.07, 6.45) is 4.99. The lowest BCUT2D eigenvalue weighted by Crippen LogP contribution is -2.54. The summed E-state index contributed by atoms with van der Waals surface area (Å²) in [5.41, 5.74) is 8.58. The lowest BCUT2D eigenvalue weighted by molar-refractivity contribution is 0.123. The Balaban J connectivity index is 1.44. The Bertz CT molecular complexity index is 826. The Kier molecular flexibility index (Phi) is 7.94. The van der Waals surface area contributed by atoms with Gasteiger partial charge in [0.2, 0.25) is 0 Å². The monoisotopic (exact) mass is 432 g/mol. The van der Waals surface area contributed by atoms with Gasteiger partial charge < -0.3 is 21.1 Å². The number of hydrogen-bond donors (Lipinski definition) is 4. The number of rotatable bonds is 10. The SMILES string of the molecule is CC(N)(CCCCB(O)O)C1CC(NCc2ccc(-c3ccc(Cl)cc3)c(F)c2)C1. The van der Waals surface area contributed by atoms with Gasteiger partial charge >= 0.3 is 7.12 Å². The molecule has 0 aromatic heterocycles. The van der Waals surface area contributed by atoms with Crippen molar-refractivity contribution in [1.82, 2.24) is 5.32 Å².